The van der Waals surface area contributed by atoms with Crippen molar-refractivity contribution >= 4 is 17.8 Å². The molecule has 270 valence electrons. The molecule has 0 bridgehead atoms. The molecule has 4 rings (SSSR count). The highest BCUT2D eigenvalue weighted by molar-refractivity contribution is 5.95. The van der Waals surface area contributed by atoms with Crippen LogP contribution in [0.4, 0.5) is 13.2 Å². The molecule has 1 N–H and O–H groups in total. The van der Waals surface area contributed by atoms with Crippen LogP contribution in [-0.4, -0.2) is 105 Å². The molecule has 0 spiro atoms. The van der Waals surface area contributed by atoms with Gasteiger partial charge in [0, 0.05) is 63.0 Å². The second-order valence-electron chi connectivity index (χ2n) is 12.8. The number of nitrogens with zero attached hydrogens (tertiary/aromatic N) is 2. The fraction of sp³-hybridized carbons (Fsp3) is 0.583. The van der Waals surface area contributed by atoms with E-state index in [-0.39, 0.29) is 36.0 Å². The highest BCUT2D eigenvalue weighted by Crippen LogP contribution is 2.33. The van der Waals surface area contributed by atoms with Crippen molar-refractivity contribution in [2.75, 3.05) is 47.1 Å². The average molecular weight is 692 g/mol. The van der Waals surface area contributed by atoms with Crippen LogP contribution in [0.15, 0.2) is 48.5 Å². The number of nitrogens with one attached hydrogen (secondary N) is 1. The van der Waals surface area contributed by atoms with Crippen LogP contribution in [-0.2, 0) is 19.1 Å². The first-order valence-electron chi connectivity index (χ1n) is 16.9. The number of alkyl halides is 3. The summed E-state index contributed by atoms with van der Waals surface area (Å²) in [5.74, 6) is -2.77. The molecule has 1 saturated carbocycles. The van der Waals surface area contributed by atoms with Gasteiger partial charge in [-0.25, -0.2) is 4.79 Å². The molecule has 49 heavy (non-hydrogen) atoms. The maximum atomic E-state index is 13.8. The Morgan fingerprint density at radius 2 is 1.65 bits per heavy atom. The third-order valence-corrected chi connectivity index (χ3v) is 8.94. The number of piperidine rings is 1. The van der Waals surface area contributed by atoms with Crippen LogP contribution in [0.25, 0.3) is 0 Å². The number of hydrogen-bond donors (Lipinski definition) is 1. The van der Waals surface area contributed by atoms with E-state index in [1.807, 2.05) is 18.7 Å². The summed E-state index contributed by atoms with van der Waals surface area (Å²) in [5.41, 5.74) is 0.998. The minimum atomic E-state index is -5.14. The van der Waals surface area contributed by atoms with Crippen molar-refractivity contribution in [1.82, 2.24) is 15.1 Å². The van der Waals surface area contributed by atoms with E-state index >= 15 is 0 Å². The van der Waals surface area contributed by atoms with E-state index in [0.717, 1.165) is 25.7 Å². The number of amides is 2. The average Bonchev–Trinajstić information content (AvgIpc) is 3.93. The SMILES string of the molecule is COCCCOc1cc(C(=O)N(C(C)C)C2CCC(CCN(C(=O)C(COC(=O)C(F)(F)F)c3ccccc3)C3CC3)NC2)ccc1OC. The van der Waals surface area contributed by atoms with Gasteiger partial charge in [0.25, 0.3) is 5.91 Å². The number of carbonyl (C=O) groups is 3. The van der Waals surface area contributed by atoms with Gasteiger partial charge in [0.1, 0.15) is 6.61 Å². The molecule has 2 aromatic carbocycles. The molecule has 3 atom stereocenters. The van der Waals surface area contributed by atoms with Gasteiger partial charge < -0.3 is 34.1 Å². The molecular formula is C36H48F3N3O7. The molecule has 3 unspecified atom stereocenters. The third-order valence-electron chi connectivity index (χ3n) is 8.94. The normalized spacial score (nSPS) is 18.4. The van der Waals surface area contributed by atoms with Gasteiger partial charge >= 0.3 is 12.1 Å². The van der Waals surface area contributed by atoms with Crippen molar-refractivity contribution < 1.29 is 46.5 Å². The molecule has 1 aliphatic heterocycles. The van der Waals surface area contributed by atoms with Crippen molar-refractivity contribution in [2.45, 2.75) is 88.6 Å². The number of esters is 1. The smallest absolute Gasteiger partial charge is 0.490 e. The largest absolute Gasteiger partial charge is 0.493 e. The number of rotatable bonds is 17. The van der Waals surface area contributed by atoms with Crippen molar-refractivity contribution in [3.63, 3.8) is 0 Å². The number of halogens is 3. The minimum Gasteiger partial charge on any atom is -0.493 e. The summed E-state index contributed by atoms with van der Waals surface area (Å²) in [6, 6.07) is 13.6. The minimum absolute atomic E-state index is 0.000711. The summed E-state index contributed by atoms with van der Waals surface area (Å²) < 4.78 is 59.6. The number of hydrogen-bond acceptors (Lipinski definition) is 8. The van der Waals surface area contributed by atoms with Crippen molar-refractivity contribution in [3.05, 3.63) is 59.7 Å². The molecule has 1 aliphatic carbocycles. The molecular weight excluding hydrogens is 643 g/mol. The molecule has 2 aliphatic rings. The van der Waals surface area contributed by atoms with E-state index in [1.165, 1.54) is 0 Å². The quantitative estimate of drug-likeness (QED) is 0.175. The van der Waals surface area contributed by atoms with Crippen LogP contribution >= 0.6 is 0 Å². The van der Waals surface area contributed by atoms with Crippen molar-refractivity contribution in [2.24, 2.45) is 0 Å². The standard InChI is InChI=1S/C36H48F3N3O7/c1-24(2)42(33(43)26-11-16-31(47-4)32(21-26)48-20-8-19-46-3)29-13-12-27(40-22-29)17-18-41(28-14-15-28)34(44)30(25-9-6-5-7-10-25)23-49-35(45)36(37,38)39/h5-7,9-11,16,21,24,27-30,40H,8,12-15,17-20,22-23H2,1-4H3. The topological polar surface area (TPSA) is 107 Å². The highest BCUT2D eigenvalue weighted by atomic mass is 19.4. The molecule has 2 amide bonds. The van der Waals surface area contributed by atoms with Crippen molar-refractivity contribution in [1.29, 1.82) is 0 Å². The van der Waals surface area contributed by atoms with Crippen LogP contribution in [0.1, 0.15) is 74.2 Å². The lowest BCUT2D eigenvalue weighted by molar-refractivity contribution is -0.200. The first-order chi connectivity index (χ1) is 23.4. The van der Waals surface area contributed by atoms with Gasteiger partial charge in [-0.05, 0) is 69.7 Å². The predicted molar refractivity (Wildman–Crippen MR) is 177 cm³/mol. The van der Waals surface area contributed by atoms with Crippen LogP contribution in [0.2, 0.25) is 0 Å². The summed E-state index contributed by atoms with van der Waals surface area (Å²) in [6.07, 6.45) is -0.653. The Balaban J connectivity index is 1.37. The lowest BCUT2D eigenvalue weighted by Crippen LogP contribution is -2.54. The lowest BCUT2D eigenvalue weighted by Gasteiger charge is -2.40. The molecule has 1 heterocycles. The Bertz CT molecular complexity index is 1380. The maximum Gasteiger partial charge on any atom is 0.490 e. The van der Waals surface area contributed by atoms with Gasteiger partial charge in [0.05, 0.1) is 19.6 Å². The first kappa shape index (κ1) is 38.0. The molecule has 10 nitrogen and oxygen atoms in total. The van der Waals surface area contributed by atoms with Gasteiger partial charge in [-0.3, -0.25) is 9.59 Å². The van der Waals surface area contributed by atoms with E-state index in [2.05, 4.69) is 10.1 Å². The van der Waals surface area contributed by atoms with Gasteiger partial charge in [0.15, 0.2) is 11.5 Å². The van der Waals surface area contributed by atoms with Crippen LogP contribution in [0, 0.1) is 0 Å². The zero-order valence-corrected chi connectivity index (χ0v) is 28.7. The fourth-order valence-electron chi connectivity index (χ4n) is 6.25. The van der Waals surface area contributed by atoms with Crippen LogP contribution in [0.5, 0.6) is 11.5 Å². The summed E-state index contributed by atoms with van der Waals surface area (Å²) in [5, 5.41) is 3.57. The zero-order chi connectivity index (χ0) is 35.6. The number of benzene rings is 2. The molecule has 2 aromatic rings. The Hall–Kier alpha value is -3.84. The van der Waals surface area contributed by atoms with Crippen molar-refractivity contribution in [3.8, 4) is 11.5 Å². The molecule has 13 heteroatoms. The molecule has 0 radical (unpaired) electrons. The second kappa shape index (κ2) is 17.7. The third kappa shape index (κ3) is 10.6. The second-order valence-corrected chi connectivity index (χ2v) is 12.8. The number of ether oxygens (including phenoxy) is 4. The van der Waals surface area contributed by atoms with Gasteiger partial charge in [-0.1, -0.05) is 30.3 Å². The molecule has 1 saturated heterocycles. The Morgan fingerprint density at radius 3 is 2.24 bits per heavy atom. The van der Waals surface area contributed by atoms with Gasteiger partial charge in [0.2, 0.25) is 5.91 Å². The van der Waals surface area contributed by atoms with E-state index in [4.69, 9.17) is 14.2 Å². The number of carbonyl (C=O) groups excluding carboxylic acids is 3. The van der Waals surface area contributed by atoms with Crippen LogP contribution < -0.4 is 14.8 Å². The summed E-state index contributed by atoms with van der Waals surface area (Å²) in [4.78, 5) is 42.8. The van der Waals surface area contributed by atoms with Gasteiger partial charge in [-0.2, -0.15) is 13.2 Å². The summed E-state index contributed by atoms with van der Waals surface area (Å²) >= 11 is 0. The Kier molecular flexibility index (Phi) is 13.7. The first-order valence-corrected chi connectivity index (χ1v) is 16.9. The lowest BCUT2D eigenvalue weighted by atomic mass is 9.95. The van der Waals surface area contributed by atoms with Gasteiger partial charge in [-0.15, -0.1) is 0 Å². The highest BCUT2D eigenvalue weighted by Gasteiger charge is 2.43. The van der Waals surface area contributed by atoms with E-state index in [9.17, 15) is 27.6 Å². The molecule has 2 fully saturated rings. The van der Waals surface area contributed by atoms with Crippen LogP contribution in [0.3, 0.4) is 0 Å². The van der Waals surface area contributed by atoms with E-state index < -0.39 is 24.7 Å². The Morgan fingerprint density at radius 1 is 0.939 bits per heavy atom. The fourth-order valence-corrected chi connectivity index (χ4v) is 6.25. The Labute approximate surface area is 286 Å². The monoisotopic (exact) mass is 691 g/mol. The zero-order valence-electron chi connectivity index (χ0n) is 28.7. The van der Waals surface area contributed by atoms with E-state index in [0.29, 0.717) is 61.8 Å². The van der Waals surface area contributed by atoms with E-state index in [1.54, 1.807) is 67.7 Å². The predicted octanol–water partition coefficient (Wildman–Crippen LogP) is 5.35. The number of methoxy groups -OCH3 is 2. The maximum absolute atomic E-state index is 13.8. The molecule has 0 aromatic heterocycles. The summed E-state index contributed by atoms with van der Waals surface area (Å²) in [6.45, 7) is 5.25. The summed E-state index contributed by atoms with van der Waals surface area (Å²) in [7, 11) is 3.18.